The van der Waals surface area contributed by atoms with E-state index >= 15 is 0 Å². The van der Waals surface area contributed by atoms with E-state index in [0.29, 0.717) is 48.4 Å². The van der Waals surface area contributed by atoms with Crippen molar-refractivity contribution in [3.63, 3.8) is 0 Å². The Morgan fingerprint density at radius 3 is 1.50 bits per heavy atom. The predicted molar refractivity (Wildman–Crippen MR) is 232 cm³/mol. The van der Waals surface area contributed by atoms with Gasteiger partial charge in [0.05, 0.1) is 41.6 Å². The molecule has 0 unspecified atom stereocenters. The van der Waals surface area contributed by atoms with Crippen LogP contribution in [0.4, 0.5) is 11.4 Å². The molecule has 0 aliphatic heterocycles. The Morgan fingerprint density at radius 1 is 0.533 bits per heavy atom. The number of benzene rings is 6. The van der Waals surface area contributed by atoms with Gasteiger partial charge in [-0.15, -0.1) is 0 Å². The molecule has 0 amide bonds. The van der Waals surface area contributed by atoms with Crippen LogP contribution < -0.4 is 18.9 Å². The first kappa shape index (κ1) is 44.5. The number of aryl methyl sites for hydroxylation is 6. The van der Waals surface area contributed by atoms with Crippen molar-refractivity contribution >= 4 is 43.4 Å². The quantitative estimate of drug-likeness (QED) is 0.0735. The lowest BCUT2D eigenvalue weighted by Crippen LogP contribution is -2.15. The van der Waals surface area contributed by atoms with Gasteiger partial charge in [-0.25, -0.2) is 26.4 Å². The van der Waals surface area contributed by atoms with Gasteiger partial charge < -0.3 is 19.7 Å². The summed E-state index contributed by atoms with van der Waals surface area (Å²) in [5, 5.41) is 18.3. The van der Waals surface area contributed by atoms with Gasteiger partial charge in [0.2, 0.25) is 0 Å². The van der Waals surface area contributed by atoms with Crippen LogP contribution in [0.15, 0.2) is 143 Å². The fraction of sp³-hybridized carbons (Fsp3) is 0.174. The Hall–Kier alpha value is -6.64. The number of sulfonamides is 2. The van der Waals surface area contributed by atoms with E-state index in [0.717, 1.165) is 27.8 Å². The number of hydrogen-bond donors (Lipinski definition) is 4. The molecule has 0 saturated heterocycles. The van der Waals surface area contributed by atoms with E-state index < -0.39 is 32.0 Å². The summed E-state index contributed by atoms with van der Waals surface area (Å²) >= 11 is 0. The van der Waals surface area contributed by atoms with Crippen molar-refractivity contribution in [2.24, 2.45) is 0 Å². The molecule has 0 atom stereocenters. The standard InChI is InChI=1S/C23H23NO6S.C23H23NO4S/c1-29-19-12-13-21(30-2)22(15-19)31(27,28)24-20-9-4-3-7-17(20)11-10-16-6-5-8-18(14-16)23(25)26;1-16-10-13-22(17(2)14-16)29(27,28)24-21-9-4-3-7-19(21)12-11-18-6-5-8-20(15-18)23(25)26/h3-9,12-15,24H,10-11H2,1-2H3,(H,25,26);3-10,13-15,24H,11-12H2,1-2H3,(H,25,26). The molecule has 4 N–H and O–H groups in total. The molecule has 12 nitrogen and oxygen atoms in total. The molecule has 6 aromatic rings. The number of methoxy groups -OCH3 is 2. The monoisotopic (exact) mass is 850 g/mol. The fourth-order valence-corrected chi connectivity index (χ4v) is 9.06. The van der Waals surface area contributed by atoms with Gasteiger partial charge in [0.15, 0.2) is 0 Å². The first-order chi connectivity index (χ1) is 28.6. The molecule has 0 saturated carbocycles. The Bertz CT molecular complexity index is 2720. The average molecular weight is 851 g/mol. The highest BCUT2D eigenvalue weighted by atomic mass is 32.2. The molecule has 0 aliphatic carbocycles. The number of carboxylic acids is 2. The summed E-state index contributed by atoms with van der Waals surface area (Å²) < 4.78 is 67.7. The lowest BCUT2D eigenvalue weighted by molar-refractivity contribution is 0.0686. The zero-order chi connectivity index (χ0) is 43.5. The van der Waals surface area contributed by atoms with Crippen molar-refractivity contribution in [1.82, 2.24) is 0 Å². The Morgan fingerprint density at radius 2 is 1.03 bits per heavy atom. The van der Waals surface area contributed by atoms with E-state index in [-0.39, 0.29) is 26.7 Å². The molecule has 0 fully saturated rings. The van der Waals surface area contributed by atoms with Gasteiger partial charge in [0.25, 0.3) is 20.0 Å². The van der Waals surface area contributed by atoms with Crippen LogP contribution in [0.3, 0.4) is 0 Å². The third-order valence-electron chi connectivity index (χ3n) is 9.52. The average Bonchev–Trinajstić information content (AvgIpc) is 3.22. The van der Waals surface area contributed by atoms with E-state index in [1.54, 1.807) is 79.7 Å². The van der Waals surface area contributed by atoms with Crippen LogP contribution in [-0.2, 0) is 45.7 Å². The number of carboxylic acid groups (broad SMARTS) is 2. The van der Waals surface area contributed by atoms with Crippen molar-refractivity contribution in [2.75, 3.05) is 23.7 Å². The summed E-state index contributed by atoms with van der Waals surface area (Å²) in [5.74, 6) is -1.35. The van der Waals surface area contributed by atoms with Crippen LogP contribution >= 0.6 is 0 Å². The number of rotatable bonds is 16. The van der Waals surface area contributed by atoms with Crippen molar-refractivity contribution < 1.29 is 46.1 Å². The molecule has 6 rings (SSSR count). The van der Waals surface area contributed by atoms with Crippen LogP contribution in [0, 0.1) is 13.8 Å². The second kappa shape index (κ2) is 19.9. The van der Waals surface area contributed by atoms with Crippen LogP contribution in [0.5, 0.6) is 11.5 Å². The minimum Gasteiger partial charge on any atom is -0.497 e. The first-order valence-electron chi connectivity index (χ1n) is 18.8. The number of carbonyl (C=O) groups is 2. The van der Waals surface area contributed by atoms with Gasteiger partial charge >= 0.3 is 11.9 Å². The molecule has 312 valence electrons. The predicted octanol–water partition coefficient (Wildman–Crippen LogP) is 8.58. The molecule has 0 spiro atoms. The highest BCUT2D eigenvalue weighted by Gasteiger charge is 2.22. The summed E-state index contributed by atoms with van der Waals surface area (Å²) in [5.41, 5.74) is 6.51. The minimum absolute atomic E-state index is 0.0293. The molecule has 0 heterocycles. The molecular weight excluding hydrogens is 805 g/mol. The number of anilines is 2. The zero-order valence-electron chi connectivity index (χ0n) is 33.5. The van der Waals surface area contributed by atoms with Gasteiger partial charge in [0, 0.05) is 6.07 Å². The number of ether oxygens (including phenoxy) is 2. The topological polar surface area (TPSA) is 185 Å². The smallest absolute Gasteiger partial charge is 0.335 e. The van der Waals surface area contributed by atoms with E-state index in [1.165, 1.54) is 32.4 Å². The summed E-state index contributed by atoms with van der Waals surface area (Å²) in [7, 11) is -4.80. The van der Waals surface area contributed by atoms with E-state index in [2.05, 4.69) is 9.44 Å². The lowest BCUT2D eigenvalue weighted by Gasteiger charge is -2.15. The maximum atomic E-state index is 13.1. The van der Waals surface area contributed by atoms with Crippen molar-refractivity contribution in [3.05, 3.63) is 178 Å². The van der Waals surface area contributed by atoms with Crippen LogP contribution in [0.2, 0.25) is 0 Å². The van der Waals surface area contributed by atoms with E-state index in [4.69, 9.17) is 19.7 Å². The minimum atomic E-state index is -3.94. The Balaban J connectivity index is 0.000000228. The van der Waals surface area contributed by atoms with Crippen LogP contribution in [0.25, 0.3) is 0 Å². The summed E-state index contributed by atoms with van der Waals surface area (Å²) in [6.07, 6.45) is 2.26. The molecule has 14 heteroatoms. The van der Waals surface area contributed by atoms with Gasteiger partial charge in [-0.1, -0.05) is 78.4 Å². The van der Waals surface area contributed by atoms with Crippen LogP contribution in [-0.4, -0.2) is 53.2 Å². The third-order valence-corrected chi connectivity index (χ3v) is 12.4. The van der Waals surface area contributed by atoms with Gasteiger partial charge in [-0.05, 0) is 122 Å². The maximum Gasteiger partial charge on any atom is 0.335 e. The SMILES string of the molecule is COc1ccc(OC)c(S(=O)(=O)Nc2ccccc2CCc2cccc(C(=O)O)c2)c1.Cc1ccc(S(=O)(=O)Nc2ccccc2CCc2cccc(C(=O)O)c2)c(C)c1. The van der Waals surface area contributed by atoms with Crippen LogP contribution in [0.1, 0.15) is 54.1 Å². The number of nitrogens with one attached hydrogen (secondary N) is 2. The maximum absolute atomic E-state index is 13.1. The highest BCUT2D eigenvalue weighted by Crippen LogP contribution is 2.31. The molecule has 6 aromatic carbocycles. The summed E-state index contributed by atoms with van der Waals surface area (Å²) in [6, 6.07) is 37.6. The lowest BCUT2D eigenvalue weighted by atomic mass is 10.0. The highest BCUT2D eigenvalue weighted by molar-refractivity contribution is 7.93. The largest absolute Gasteiger partial charge is 0.497 e. The second-order valence-electron chi connectivity index (χ2n) is 13.8. The Kier molecular flexibility index (Phi) is 14.7. The van der Waals surface area contributed by atoms with Crippen molar-refractivity contribution in [3.8, 4) is 11.5 Å². The molecule has 0 bridgehead atoms. The molecule has 0 radical (unpaired) electrons. The third kappa shape index (κ3) is 11.7. The van der Waals surface area contributed by atoms with E-state index in [9.17, 15) is 26.4 Å². The fourth-order valence-electron chi connectivity index (χ4n) is 6.45. The summed E-state index contributed by atoms with van der Waals surface area (Å²) in [6.45, 7) is 3.70. The van der Waals surface area contributed by atoms with E-state index in [1.807, 2.05) is 49.4 Å². The molecule has 0 aliphatic rings. The number of hydrogen-bond acceptors (Lipinski definition) is 8. The second-order valence-corrected chi connectivity index (χ2v) is 17.1. The summed E-state index contributed by atoms with van der Waals surface area (Å²) in [4.78, 5) is 22.5. The van der Waals surface area contributed by atoms with Crippen molar-refractivity contribution in [2.45, 2.75) is 49.3 Å². The Labute approximate surface area is 350 Å². The number of aromatic carboxylic acids is 2. The first-order valence-corrected chi connectivity index (χ1v) is 21.7. The molecular formula is C46H46N2O10S2. The zero-order valence-corrected chi connectivity index (χ0v) is 35.1. The van der Waals surface area contributed by atoms with Gasteiger partial charge in [0.1, 0.15) is 16.4 Å². The molecule has 60 heavy (non-hydrogen) atoms. The normalized spacial score (nSPS) is 11.1. The van der Waals surface area contributed by atoms with Crippen molar-refractivity contribution in [1.29, 1.82) is 0 Å². The van der Waals surface area contributed by atoms with Gasteiger partial charge in [-0.2, -0.15) is 0 Å². The molecule has 0 aromatic heterocycles. The van der Waals surface area contributed by atoms with Gasteiger partial charge in [-0.3, -0.25) is 9.44 Å². The number of para-hydroxylation sites is 2.